The van der Waals surface area contributed by atoms with Crippen molar-refractivity contribution in [1.82, 2.24) is 5.32 Å². The first-order valence-electron chi connectivity index (χ1n) is 5.92. The molecule has 1 rings (SSSR count). The molecular formula is C13H16N2O4S. The van der Waals surface area contributed by atoms with E-state index in [-0.39, 0.29) is 18.4 Å². The number of hydrogen-bond acceptors (Lipinski definition) is 4. The number of amides is 2. The van der Waals surface area contributed by atoms with Crippen LogP contribution in [0.25, 0.3) is 0 Å². The van der Waals surface area contributed by atoms with E-state index >= 15 is 0 Å². The molecular weight excluding hydrogens is 280 g/mol. The lowest BCUT2D eigenvalue weighted by Crippen LogP contribution is -2.34. The van der Waals surface area contributed by atoms with Gasteiger partial charge in [0, 0.05) is 17.5 Å². The van der Waals surface area contributed by atoms with Crippen LogP contribution >= 0.6 is 11.8 Å². The van der Waals surface area contributed by atoms with Crippen LogP contribution in [0.1, 0.15) is 13.8 Å². The Kier molecular flexibility index (Phi) is 6.05. The lowest BCUT2D eigenvalue weighted by molar-refractivity contribution is -0.137. The highest BCUT2D eigenvalue weighted by Gasteiger charge is 2.14. The minimum atomic E-state index is -1.07. The van der Waals surface area contributed by atoms with Gasteiger partial charge in [-0.15, -0.1) is 11.8 Å². The van der Waals surface area contributed by atoms with Crippen molar-refractivity contribution in [3.63, 3.8) is 0 Å². The summed E-state index contributed by atoms with van der Waals surface area (Å²) in [4.78, 5) is 33.7. The Morgan fingerprint density at radius 3 is 2.35 bits per heavy atom. The average Bonchev–Trinajstić information content (AvgIpc) is 2.37. The highest BCUT2D eigenvalue weighted by molar-refractivity contribution is 8.00. The number of carbonyl (C=O) groups is 3. The number of carbonyl (C=O) groups excluding carboxylic acids is 2. The first-order valence-corrected chi connectivity index (χ1v) is 6.80. The second kappa shape index (κ2) is 7.54. The summed E-state index contributed by atoms with van der Waals surface area (Å²) in [6.07, 6.45) is 0. The van der Waals surface area contributed by atoms with Crippen LogP contribution in [-0.2, 0) is 14.4 Å². The van der Waals surface area contributed by atoms with E-state index in [9.17, 15) is 14.4 Å². The van der Waals surface area contributed by atoms with Gasteiger partial charge in [-0.1, -0.05) is 0 Å². The quantitative estimate of drug-likeness (QED) is 0.688. The second-order valence-electron chi connectivity index (χ2n) is 4.08. The van der Waals surface area contributed by atoms with Gasteiger partial charge in [-0.2, -0.15) is 0 Å². The Balaban J connectivity index is 2.53. The molecule has 1 aromatic carbocycles. The monoisotopic (exact) mass is 296 g/mol. The summed E-state index contributed by atoms with van der Waals surface area (Å²) in [5.41, 5.74) is 0.685. The first kappa shape index (κ1) is 16.0. The molecule has 0 saturated heterocycles. The normalized spacial score (nSPS) is 11.5. The maximum Gasteiger partial charge on any atom is 0.322 e. The van der Waals surface area contributed by atoms with E-state index in [2.05, 4.69) is 10.6 Å². The highest BCUT2D eigenvalue weighted by Crippen LogP contribution is 2.24. The molecule has 0 bridgehead atoms. The Bertz CT molecular complexity index is 502. The van der Waals surface area contributed by atoms with Crippen molar-refractivity contribution < 1.29 is 19.5 Å². The molecule has 0 spiro atoms. The Morgan fingerprint density at radius 1 is 1.25 bits per heavy atom. The fraction of sp³-hybridized carbons (Fsp3) is 0.308. The van der Waals surface area contributed by atoms with Crippen molar-refractivity contribution >= 4 is 35.2 Å². The third kappa shape index (κ3) is 5.75. The molecule has 20 heavy (non-hydrogen) atoms. The summed E-state index contributed by atoms with van der Waals surface area (Å²) in [5.74, 6) is -1.55. The van der Waals surface area contributed by atoms with Crippen LogP contribution in [-0.4, -0.2) is 34.7 Å². The Labute approximate surface area is 120 Å². The van der Waals surface area contributed by atoms with Crippen molar-refractivity contribution in [2.24, 2.45) is 0 Å². The predicted molar refractivity (Wildman–Crippen MR) is 76.7 cm³/mol. The minimum absolute atomic E-state index is 0.146. The van der Waals surface area contributed by atoms with Gasteiger partial charge in [0.2, 0.25) is 11.8 Å². The third-order valence-corrected chi connectivity index (χ3v) is 3.38. The topological polar surface area (TPSA) is 95.5 Å². The standard InChI is InChI=1S/C13H16N2O4S/c1-8(13(19)14-7-12(17)18)20-11-5-3-10(4-6-11)15-9(2)16/h3-6,8H,7H2,1-2H3,(H,14,19)(H,15,16)(H,17,18). The number of thioether (sulfide) groups is 1. The molecule has 0 aliphatic carbocycles. The van der Waals surface area contributed by atoms with E-state index in [4.69, 9.17) is 5.11 Å². The average molecular weight is 296 g/mol. The van der Waals surface area contributed by atoms with Gasteiger partial charge in [-0.3, -0.25) is 14.4 Å². The molecule has 0 heterocycles. The molecule has 2 amide bonds. The van der Waals surface area contributed by atoms with Gasteiger partial charge in [0.25, 0.3) is 0 Å². The number of rotatable bonds is 6. The van der Waals surface area contributed by atoms with Crippen LogP contribution in [0.3, 0.4) is 0 Å². The van der Waals surface area contributed by atoms with Crippen molar-refractivity contribution in [2.75, 3.05) is 11.9 Å². The molecule has 1 unspecified atom stereocenters. The van der Waals surface area contributed by atoms with E-state index in [1.165, 1.54) is 18.7 Å². The van der Waals surface area contributed by atoms with Gasteiger partial charge in [-0.05, 0) is 31.2 Å². The number of benzene rings is 1. The zero-order valence-corrected chi connectivity index (χ0v) is 12.0. The molecule has 108 valence electrons. The summed E-state index contributed by atoms with van der Waals surface area (Å²) < 4.78 is 0. The molecule has 0 aliphatic heterocycles. The molecule has 1 aromatic rings. The van der Waals surface area contributed by atoms with E-state index in [1.807, 2.05) is 0 Å². The third-order valence-electron chi connectivity index (χ3n) is 2.27. The van der Waals surface area contributed by atoms with Crippen LogP contribution in [0.15, 0.2) is 29.2 Å². The Morgan fingerprint density at radius 2 is 1.85 bits per heavy atom. The molecule has 1 atom stereocenters. The molecule has 0 radical (unpaired) electrons. The smallest absolute Gasteiger partial charge is 0.322 e. The van der Waals surface area contributed by atoms with E-state index in [0.717, 1.165) is 4.90 Å². The van der Waals surface area contributed by atoms with Crippen LogP contribution < -0.4 is 10.6 Å². The zero-order chi connectivity index (χ0) is 15.1. The highest BCUT2D eigenvalue weighted by atomic mass is 32.2. The van der Waals surface area contributed by atoms with Crippen molar-refractivity contribution in [1.29, 1.82) is 0 Å². The maximum absolute atomic E-state index is 11.6. The van der Waals surface area contributed by atoms with Crippen molar-refractivity contribution in [3.05, 3.63) is 24.3 Å². The molecule has 0 aliphatic rings. The van der Waals surface area contributed by atoms with Gasteiger partial charge in [0.05, 0.1) is 5.25 Å². The number of aliphatic carboxylic acids is 1. The van der Waals surface area contributed by atoms with E-state index in [0.29, 0.717) is 5.69 Å². The van der Waals surface area contributed by atoms with Crippen molar-refractivity contribution in [2.45, 2.75) is 24.0 Å². The summed E-state index contributed by atoms with van der Waals surface area (Å²) in [6.45, 7) is 2.74. The fourth-order valence-electron chi connectivity index (χ4n) is 1.38. The molecule has 0 fully saturated rings. The number of nitrogens with one attached hydrogen (secondary N) is 2. The van der Waals surface area contributed by atoms with Gasteiger partial charge in [-0.25, -0.2) is 0 Å². The summed E-state index contributed by atoms with van der Waals surface area (Å²) in [7, 11) is 0. The molecule has 0 saturated carbocycles. The van der Waals surface area contributed by atoms with Gasteiger partial charge in [0.1, 0.15) is 6.54 Å². The Hall–Kier alpha value is -2.02. The minimum Gasteiger partial charge on any atom is -0.480 e. The predicted octanol–water partition coefficient (Wildman–Crippen LogP) is 1.33. The molecule has 0 aromatic heterocycles. The lowest BCUT2D eigenvalue weighted by atomic mass is 10.3. The molecule has 7 heteroatoms. The van der Waals surface area contributed by atoms with Gasteiger partial charge < -0.3 is 15.7 Å². The number of anilines is 1. The zero-order valence-electron chi connectivity index (χ0n) is 11.2. The summed E-state index contributed by atoms with van der Waals surface area (Å²) in [5, 5.41) is 13.0. The van der Waals surface area contributed by atoms with Gasteiger partial charge >= 0.3 is 5.97 Å². The number of hydrogen-bond donors (Lipinski definition) is 3. The van der Waals surface area contributed by atoms with E-state index < -0.39 is 11.2 Å². The number of carboxylic acids is 1. The molecule has 6 nitrogen and oxygen atoms in total. The van der Waals surface area contributed by atoms with Crippen LogP contribution in [0, 0.1) is 0 Å². The first-order chi connectivity index (χ1) is 9.38. The van der Waals surface area contributed by atoms with E-state index in [1.54, 1.807) is 31.2 Å². The lowest BCUT2D eigenvalue weighted by Gasteiger charge is -2.11. The van der Waals surface area contributed by atoms with Crippen LogP contribution in [0.5, 0.6) is 0 Å². The summed E-state index contributed by atoms with van der Waals surface area (Å²) >= 11 is 1.31. The number of carboxylic acid groups (broad SMARTS) is 1. The maximum atomic E-state index is 11.6. The van der Waals surface area contributed by atoms with Crippen LogP contribution in [0.4, 0.5) is 5.69 Å². The fourth-order valence-corrected chi connectivity index (χ4v) is 2.28. The van der Waals surface area contributed by atoms with Crippen molar-refractivity contribution in [3.8, 4) is 0 Å². The largest absolute Gasteiger partial charge is 0.480 e. The second-order valence-corrected chi connectivity index (χ2v) is 5.49. The van der Waals surface area contributed by atoms with Crippen LogP contribution in [0.2, 0.25) is 0 Å². The van der Waals surface area contributed by atoms with Gasteiger partial charge in [0.15, 0.2) is 0 Å². The molecule has 3 N–H and O–H groups in total. The summed E-state index contributed by atoms with van der Waals surface area (Å²) in [6, 6.07) is 7.06. The SMILES string of the molecule is CC(=O)Nc1ccc(SC(C)C(=O)NCC(=O)O)cc1.